The normalized spacial score (nSPS) is 14.7. The summed E-state index contributed by atoms with van der Waals surface area (Å²) in [5, 5.41) is 8.42. The predicted octanol–water partition coefficient (Wildman–Crippen LogP) is 7.07. The SMILES string of the molecule is O=Cc1cccc2c1nnn2CCCCN1CCN(c2cccc(CCCCCCCCCC(F)(F)F)c2)CC1. The lowest BCUT2D eigenvalue weighted by Gasteiger charge is -2.36. The third kappa shape index (κ3) is 9.32. The van der Waals surface area contributed by atoms with Gasteiger partial charge >= 0.3 is 6.18 Å². The zero-order chi connectivity index (χ0) is 28.2. The van der Waals surface area contributed by atoms with Crippen LogP contribution in [0, 0.1) is 0 Å². The number of anilines is 1. The van der Waals surface area contributed by atoms with Gasteiger partial charge in [-0.25, -0.2) is 4.68 Å². The Labute approximate surface area is 235 Å². The molecule has 0 amide bonds. The van der Waals surface area contributed by atoms with E-state index in [0.717, 1.165) is 102 Å². The van der Waals surface area contributed by atoms with Gasteiger partial charge in [-0.15, -0.1) is 5.10 Å². The highest BCUT2D eigenvalue weighted by Gasteiger charge is 2.25. The van der Waals surface area contributed by atoms with E-state index in [-0.39, 0.29) is 6.42 Å². The van der Waals surface area contributed by atoms with Gasteiger partial charge in [-0.3, -0.25) is 9.69 Å². The molecule has 6 nitrogen and oxygen atoms in total. The van der Waals surface area contributed by atoms with Crippen molar-refractivity contribution in [2.75, 3.05) is 37.6 Å². The molecule has 1 saturated heterocycles. The molecule has 1 aromatic heterocycles. The second kappa shape index (κ2) is 15.2. The molecule has 0 bridgehead atoms. The van der Waals surface area contributed by atoms with E-state index in [1.807, 2.05) is 16.8 Å². The van der Waals surface area contributed by atoms with E-state index in [9.17, 15) is 18.0 Å². The Morgan fingerprint density at radius 1 is 0.800 bits per heavy atom. The standard InChI is InChI=1S/C31H42F3N5O/c32-31(33,34)17-7-5-3-1-2-4-6-12-26-13-10-15-28(24-26)38-22-20-37(21-23-38)18-8-9-19-39-29-16-11-14-27(25-40)30(29)35-36-39/h10-11,13-16,24-25H,1-9,12,17-23H2. The summed E-state index contributed by atoms with van der Waals surface area (Å²) < 4.78 is 38.5. The van der Waals surface area contributed by atoms with Crippen LogP contribution in [-0.4, -0.2) is 65.1 Å². The van der Waals surface area contributed by atoms with Gasteiger partial charge in [0.25, 0.3) is 0 Å². The Morgan fingerprint density at radius 3 is 2.25 bits per heavy atom. The van der Waals surface area contributed by atoms with Crippen molar-refractivity contribution in [1.82, 2.24) is 19.9 Å². The predicted molar refractivity (Wildman–Crippen MR) is 154 cm³/mol. The van der Waals surface area contributed by atoms with Gasteiger partial charge in [0, 0.05) is 50.4 Å². The van der Waals surface area contributed by atoms with Gasteiger partial charge in [-0.2, -0.15) is 13.2 Å². The summed E-state index contributed by atoms with van der Waals surface area (Å²) in [7, 11) is 0. The molecule has 0 unspecified atom stereocenters. The van der Waals surface area contributed by atoms with Crippen LogP contribution in [0.1, 0.15) is 80.1 Å². The highest BCUT2D eigenvalue weighted by atomic mass is 19.4. The number of fused-ring (bicyclic) bond motifs is 1. The molecule has 1 aliphatic heterocycles. The molecule has 0 atom stereocenters. The molecule has 0 aliphatic carbocycles. The van der Waals surface area contributed by atoms with E-state index in [2.05, 4.69) is 44.4 Å². The minimum atomic E-state index is -4.01. The Balaban J connectivity index is 1.09. The van der Waals surface area contributed by atoms with Gasteiger partial charge in [0.15, 0.2) is 6.29 Å². The topological polar surface area (TPSA) is 54.3 Å². The molecule has 4 rings (SSSR count). The molecule has 0 spiro atoms. The first-order chi connectivity index (χ1) is 19.4. The number of hydrogen-bond donors (Lipinski definition) is 0. The zero-order valence-corrected chi connectivity index (χ0v) is 23.4. The Hall–Kier alpha value is -2.94. The molecule has 218 valence electrons. The van der Waals surface area contributed by atoms with Crippen molar-refractivity contribution in [3.63, 3.8) is 0 Å². The first-order valence-corrected chi connectivity index (χ1v) is 14.8. The van der Waals surface area contributed by atoms with Crippen LogP contribution >= 0.6 is 0 Å². The number of hydrogen-bond acceptors (Lipinski definition) is 5. The van der Waals surface area contributed by atoms with E-state index >= 15 is 0 Å². The smallest absolute Gasteiger partial charge is 0.369 e. The van der Waals surface area contributed by atoms with E-state index in [1.165, 1.54) is 11.3 Å². The average molecular weight is 558 g/mol. The van der Waals surface area contributed by atoms with Gasteiger partial charge < -0.3 is 4.90 Å². The molecule has 9 heteroatoms. The fourth-order valence-electron chi connectivity index (χ4n) is 5.55. The lowest BCUT2D eigenvalue weighted by molar-refractivity contribution is -0.135. The Bertz CT molecular complexity index is 1190. The van der Waals surface area contributed by atoms with Crippen LogP contribution in [0.4, 0.5) is 18.9 Å². The Kier molecular flexibility index (Phi) is 11.4. The van der Waals surface area contributed by atoms with Gasteiger partial charge in [-0.1, -0.05) is 55.5 Å². The maximum absolute atomic E-state index is 12.2. The van der Waals surface area contributed by atoms with Crippen LogP contribution < -0.4 is 4.90 Å². The zero-order valence-electron chi connectivity index (χ0n) is 23.4. The van der Waals surface area contributed by atoms with Crippen molar-refractivity contribution in [1.29, 1.82) is 0 Å². The van der Waals surface area contributed by atoms with Crippen LogP contribution in [0.25, 0.3) is 11.0 Å². The van der Waals surface area contributed by atoms with Gasteiger partial charge in [-0.05, 0) is 68.5 Å². The Morgan fingerprint density at radius 2 is 1.50 bits per heavy atom. The van der Waals surface area contributed by atoms with E-state index in [0.29, 0.717) is 17.5 Å². The summed E-state index contributed by atoms with van der Waals surface area (Å²) in [6.45, 7) is 6.04. The number of piperazine rings is 1. The van der Waals surface area contributed by atoms with Crippen LogP contribution in [-0.2, 0) is 13.0 Å². The third-order valence-corrected chi connectivity index (χ3v) is 7.87. The molecule has 3 aromatic rings. The molecule has 0 N–H and O–H groups in total. The molecule has 2 heterocycles. The molecule has 40 heavy (non-hydrogen) atoms. The van der Waals surface area contributed by atoms with Gasteiger partial charge in [0.1, 0.15) is 5.52 Å². The van der Waals surface area contributed by atoms with E-state index in [4.69, 9.17) is 0 Å². The summed E-state index contributed by atoms with van der Waals surface area (Å²) in [4.78, 5) is 16.2. The molecule has 1 fully saturated rings. The summed E-state index contributed by atoms with van der Waals surface area (Å²) in [6.07, 6.45) is 5.58. The number of alkyl halides is 3. The first-order valence-electron chi connectivity index (χ1n) is 14.8. The summed E-state index contributed by atoms with van der Waals surface area (Å²) in [6, 6.07) is 14.5. The van der Waals surface area contributed by atoms with Crippen LogP contribution in [0.5, 0.6) is 0 Å². The van der Waals surface area contributed by atoms with Crippen molar-refractivity contribution in [2.24, 2.45) is 0 Å². The summed E-state index contributed by atoms with van der Waals surface area (Å²) in [5.74, 6) is 0. The summed E-state index contributed by atoms with van der Waals surface area (Å²) >= 11 is 0. The van der Waals surface area contributed by atoms with Crippen molar-refractivity contribution in [3.8, 4) is 0 Å². The lowest BCUT2D eigenvalue weighted by atomic mass is 10.0. The van der Waals surface area contributed by atoms with E-state index < -0.39 is 12.6 Å². The number of aryl methyl sites for hydroxylation is 2. The fourth-order valence-corrected chi connectivity index (χ4v) is 5.55. The number of halogens is 3. The minimum absolute atomic E-state index is 0.261. The monoisotopic (exact) mass is 557 g/mol. The molecule has 1 aliphatic rings. The first kappa shape index (κ1) is 30.0. The molecule has 0 saturated carbocycles. The highest BCUT2D eigenvalue weighted by molar-refractivity contribution is 5.93. The number of nitrogens with zero attached hydrogens (tertiary/aromatic N) is 5. The van der Waals surface area contributed by atoms with Crippen molar-refractivity contribution in [2.45, 2.75) is 83.4 Å². The number of rotatable bonds is 16. The molecular formula is C31H42F3N5O. The number of carbonyl (C=O) groups excluding carboxylic acids is 1. The fraction of sp³-hybridized carbons (Fsp3) is 0.581. The maximum Gasteiger partial charge on any atom is 0.389 e. The number of carbonyl (C=O) groups is 1. The number of aldehydes is 1. The van der Waals surface area contributed by atoms with Crippen LogP contribution in [0.3, 0.4) is 0 Å². The van der Waals surface area contributed by atoms with Gasteiger partial charge in [0.2, 0.25) is 0 Å². The van der Waals surface area contributed by atoms with Crippen molar-refractivity contribution >= 4 is 23.0 Å². The van der Waals surface area contributed by atoms with E-state index in [1.54, 1.807) is 6.07 Å². The number of unbranched alkanes of at least 4 members (excludes halogenated alkanes) is 7. The lowest BCUT2D eigenvalue weighted by Crippen LogP contribution is -2.46. The molecule has 2 aromatic carbocycles. The minimum Gasteiger partial charge on any atom is -0.369 e. The largest absolute Gasteiger partial charge is 0.389 e. The third-order valence-electron chi connectivity index (χ3n) is 7.87. The average Bonchev–Trinajstić information content (AvgIpc) is 3.37. The van der Waals surface area contributed by atoms with Gasteiger partial charge in [0.05, 0.1) is 5.52 Å². The quantitative estimate of drug-likeness (QED) is 0.139. The second-order valence-corrected chi connectivity index (χ2v) is 10.9. The number of benzene rings is 2. The van der Waals surface area contributed by atoms with Crippen molar-refractivity contribution < 1.29 is 18.0 Å². The maximum atomic E-state index is 12.2. The highest BCUT2D eigenvalue weighted by Crippen LogP contribution is 2.24. The summed E-state index contributed by atoms with van der Waals surface area (Å²) in [5.41, 5.74) is 4.84. The van der Waals surface area contributed by atoms with Crippen molar-refractivity contribution in [3.05, 3.63) is 53.6 Å². The molecular weight excluding hydrogens is 515 g/mol. The second-order valence-electron chi connectivity index (χ2n) is 10.9. The number of aromatic nitrogens is 3. The molecule has 0 radical (unpaired) electrons. The van der Waals surface area contributed by atoms with Crippen LogP contribution in [0.2, 0.25) is 0 Å². The van der Waals surface area contributed by atoms with Crippen LogP contribution in [0.15, 0.2) is 42.5 Å².